The van der Waals surface area contributed by atoms with Crippen molar-refractivity contribution in [3.05, 3.63) is 70.3 Å². The number of aliphatic hydroxyl groups excluding tert-OH is 1. The van der Waals surface area contributed by atoms with Crippen molar-refractivity contribution in [1.29, 1.82) is 0 Å². The number of rotatable bonds is 5. The molecule has 4 rings (SSSR count). The van der Waals surface area contributed by atoms with E-state index in [1.54, 1.807) is 0 Å². The van der Waals surface area contributed by atoms with Gasteiger partial charge in [0, 0.05) is 12.0 Å². The summed E-state index contributed by atoms with van der Waals surface area (Å²) in [6.45, 7) is 0.862. The van der Waals surface area contributed by atoms with Gasteiger partial charge in [0.15, 0.2) is 0 Å². The second-order valence-corrected chi connectivity index (χ2v) is 8.72. The predicted molar refractivity (Wildman–Crippen MR) is 117 cm³/mol. The molecule has 1 fully saturated rings. The summed E-state index contributed by atoms with van der Waals surface area (Å²) in [4.78, 5) is 0. The molecule has 0 amide bonds. The van der Waals surface area contributed by atoms with Gasteiger partial charge in [-0.15, -0.1) is 0 Å². The van der Waals surface area contributed by atoms with E-state index in [1.807, 2.05) is 42.5 Å². The summed E-state index contributed by atoms with van der Waals surface area (Å²) >= 11 is 3.40. The molecule has 2 N–H and O–H groups in total. The van der Waals surface area contributed by atoms with Crippen LogP contribution >= 0.6 is 15.9 Å². The Bertz CT molecular complexity index is 805. The Morgan fingerprint density at radius 1 is 1.10 bits per heavy atom. The normalized spacial score (nSPS) is 29.9. The zero-order chi connectivity index (χ0) is 20.3. The van der Waals surface area contributed by atoms with Gasteiger partial charge in [-0.1, -0.05) is 70.4 Å². The van der Waals surface area contributed by atoms with Crippen molar-refractivity contribution in [2.24, 2.45) is 0 Å². The summed E-state index contributed by atoms with van der Waals surface area (Å²) in [7, 11) is 0. The fourth-order valence-electron chi connectivity index (χ4n) is 4.59. The van der Waals surface area contributed by atoms with Crippen LogP contribution in [0.1, 0.15) is 44.1 Å². The summed E-state index contributed by atoms with van der Waals surface area (Å²) < 4.78 is 11.9. The van der Waals surface area contributed by atoms with Crippen LogP contribution in [-0.2, 0) is 16.1 Å². The van der Waals surface area contributed by atoms with Crippen LogP contribution in [0, 0.1) is 0 Å². The van der Waals surface area contributed by atoms with E-state index >= 15 is 0 Å². The van der Waals surface area contributed by atoms with Gasteiger partial charge in [0.2, 0.25) is 5.79 Å². The monoisotopic (exact) mass is 460 g/mol. The van der Waals surface area contributed by atoms with Crippen LogP contribution in [0.4, 0.5) is 0 Å². The van der Waals surface area contributed by atoms with Gasteiger partial charge < -0.3 is 19.7 Å². The minimum absolute atomic E-state index is 0.247. The lowest BCUT2D eigenvalue weighted by molar-refractivity contribution is -0.207. The summed E-state index contributed by atoms with van der Waals surface area (Å²) in [5.41, 5.74) is 5.02. The van der Waals surface area contributed by atoms with Crippen molar-refractivity contribution in [3.63, 3.8) is 0 Å². The Hall–Kier alpha value is -1.24. The van der Waals surface area contributed by atoms with Crippen LogP contribution in [0.3, 0.4) is 0 Å². The maximum atomic E-state index is 11.2. The standard InChI is InChI=1S/C24H29BrO4/c25-16-24(27)22-12-11-20(18-9-5-2-6-10-18)23(26)21(22)13-19(29-24)15-28-14-17-7-3-1-4-8-17/h1,3-4,7-8,11-12,19,23,26-27H,2,5-6,9-10,13-16H2/t19-,23?,24-/m1/s1. The second-order valence-electron chi connectivity index (χ2n) is 8.16. The molecule has 0 aromatic heterocycles. The molecule has 29 heavy (non-hydrogen) atoms. The number of aliphatic hydroxyl groups is 2. The minimum atomic E-state index is -1.45. The van der Waals surface area contributed by atoms with E-state index in [0.717, 1.165) is 29.6 Å². The van der Waals surface area contributed by atoms with Crippen LogP contribution < -0.4 is 0 Å². The van der Waals surface area contributed by atoms with E-state index in [-0.39, 0.29) is 11.4 Å². The third kappa shape index (κ3) is 4.59. The summed E-state index contributed by atoms with van der Waals surface area (Å²) in [5.74, 6) is -1.45. The van der Waals surface area contributed by atoms with Crippen molar-refractivity contribution in [2.45, 2.75) is 63.1 Å². The number of ether oxygens (including phenoxy) is 2. The van der Waals surface area contributed by atoms with Crippen molar-refractivity contribution in [1.82, 2.24) is 0 Å². The molecule has 1 aliphatic heterocycles. The molecule has 1 saturated carbocycles. The zero-order valence-corrected chi connectivity index (χ0v) is 18.2. The van der Waals surface area contributed by atoms with E-state index in [2.05, 4.69) is 15.9 Å². The number of allylic oxidation sites excluding steroid dienone is 1. The summed E-state index contributed by atoms with van der Waals surface area (Å²) in [6.07, 6.45) is 9.25. The number of hydrogen-bond donors (Lipinski definition) is 2. The average Bonchev–Trinajstić information content (AvgIpc) is 2.76. The maximum Gasteiger partial charge on any atom is 0.202 e. The molecule has 4 nitrogen and oxygen atoms in total. The van der Waals surface area contributed by atoms with Crippen LogP contribution in [0.2, 0.25) is 0 Å². The molecular formula is C24H29BrO4. The van der Waals surface area contributed by atoms with E-state index in [4.69, 9.17) is 9.47 Å². The van der Waals surface area contributed by atoms with Gasteiger partial charge in [-0.2, -0.15) is 0 Å². The molecule has 0 radical (unpaired) electrons. The molecule has 1 aromatic rings. The first kappa shape index (κ1) is 21.0. The highest BCUT2D eigenvalue weighted by atomic mass is 79.9. The molecule has 0 bridgehead atoms. The highest BCUT2D eigenvalue weighted by molar-refractivity contribution is 9.09. The first-order chi connectivity index (χ1) is 14.1. The Labute approximate surface area is 181 Å². The largest absolute Gasteiger partial charge is 0.384 e. The fourth-order valence-corrected chi connectivity index (χ4v) is 5.03. The quantitative estimate of drug-likeness (QED) is 0.632. The number of alkyl halides is 1. The van der Waals surface area contributed by atoms with Gasteiger partial charge in [0.05, 0.1) is 24.6 Å². The maximum absolute atomic E-state index is 11.2. The predicted octanol–water partition coefficient (Wildman–Crippen LogP) is 4.56. The van der Waals surface area contributed by atoms with Crippen molar-refractivity contribution >= 4 is 15.9 Å². The van der Waals surface area contributed by atoms with Crippen molar-refractivity contribution in [3.8, 4) is 0 Å². The topological polar surface area (TPSA) is 58.9 Å². The van der Waals surface area contributed by atoms with E-state index in [0.29, 0.717) is 25.2 Å². The Balaban J connectivity index is 1.50. The average molecular weight is 461 g/mol. The Kier molecular flexibility index (Phi) is 6.72. The Morgan fingerprint density at radius 2 is 1.86 bits per heavy atom. The third-order valence-corrected chi connectivity index (χ3v) is 6.85. The van der Waals surface area contributed by atoms with Crippen molar-refractivity contribution in [2.75, 3.05) is 11.9 Å². The molecule has 2 aliphatic carbocycles. The van der Waals surface area contributed by atoms with Gasteiger partial charge in [0.25, 0.3) is 0 Å². The van der Waals surface area contributed by atoms with E-state index in [1.165, 1.54) is 24.8 Å². The molecule has 156 valence electrons. The van der Waals surface area contributed by atoms with Crippen LogP contribution in [0.25, 0.3) is 0 Å². The van der Waals surface area contributed by atoms with Gasteiger partial charge in [-0.25, -0.2) is 0 Å². The highest BCUT2D eigenvalue weighted by Gasteiger charge is 2.43. The summed E-state index contributed by atoms with van der Waals surface area (Å²) in [5, 5.41) is 22.5. The lowest BCUT2D eigenvalue weighted by Crippen LogP contribution is -2.48. The number of benzene rings is 1. The minimum Gasteiger partial charge on any atom is -0.384 e. The second kappa shape index (κ2) is 9.27. The molecular weight excluding hydrogens is 432 g/mol. The lowest BCUT2D eigenvalue weighted by Gasteiger charge is -2.42. The molecule has 1 aromatic carbocycles. The molecule has 5 heteroatoms. The molecule has 1 heterocycles. The van der Waals surface area contributed by atoms with Crippen molar-refractivity contribution < 1.29 is 19.7 Å². The van der Waals surface area contributed by atoms with Gasteiger partial charge in [0.1, 0.15) is 6.10 Å². The fraction of sp³-hybridized carbons (Fsp3) is 0.500. The first-order valence-corrected chi connectivity index (χ1v) is 11.6. The van der Waals surface area contributed by atoms with Crippen LogP contribution in [-0.4, -0.2) is 40.1 Å². The zero-order valence-electron chi connectivity index (χ0n) is 16.6. The summed E-state index contributed by atoms with van der Waals surface area (Å²) in [6, 6.07) is 10.0. The van der Waals surface area contributed by atoms with Gasteiger partial charge in [-0.05, 0) is 42.4 Å². The van der Waals surface area contributed by atoms with Gasteiger partial charge >= 0.3 is 0 Å². The molecule has 3 aliphatic rings. The number of halogens is 1. The lowest BCUT2D eigenvalue weighted by atomic mass is 9.79. The first-order valence-electron chi connectivity index (χ1n) is 10.5. The van der Waals surface area contributed by atoms with Crippen LogP contribution in [0.5, 0.6) is 0 Å². The smallest absolute Gasteiger partial charge is 0.202 e. The molecule has 0 spiro atoms. The number of hydrogen-bond acceptors (Lipinski definition) is 4. The molecule has 3 atom stereocenters. The molecule has 0 saturated heterocycles. The van der Waals surface area contributed by atoms with Gasteiger partial charge in [-0.3, -0.25) is 0 Å². The van der Waals surface area contributed by atoms with E-state index in [9.17, 15) is 10.2 Å². The Morgan fingerprint density at radius 3 is 2.59 bits per heavy atom. The molecule has 1 unspecified atom stereocenters. The highest BCUT2D eigenvalue weighted by Crippen LogP contribution is 2.42. The van der Waals surface area contributed by atoms with Crippen LogP contribution in [0.15, 0.2) is 64.8 Å². The van der Waals surface area contributed by atoms with E-state index < -0.39 is 11.9 Å². The third-order valence-electron chi connectivity index (χ3n) is 6.09. The SMILES string of the molecule is OC1C(=C2CCCCC2)C=CC2=C1C[C@H](COCc1ccccc1)O[C@]2(O)CBr.